The molecule has 0 radical (unpaired) electrons. The zero-order chi connectivity index (χ0) is 15.1. The first-order valence-corrected chi connectivity index (χ1v) is 8.44. The molecule has 1 saturated heterocycles. The van der Waals surface area contributed by atoms with Crippen LogP contribution in [0, 0.1) is 5.92 Å². The van der Waals surface area contributed by atoms with E-state index in [2.05, 4.69) is 24.1 Å². The van der Waals surface area contributed by atoms with E-state index in [1.54, 1.807) is 6.07 Å². The number of aromatic hydroxyl groups is 1. The number of hydrogen-bond donors (Lipinski definition) is 2. The van der Waals surface area contributed by atoms with Crippen molar-refractivity contribution in [2.24, 2.45) is 5.92 Å². The van der Waals surface area contributed by atoms with E-state index in [0.717, 1.165) is 24.4 Å². The fourth-order valence-corrected chi connectivity index (χ4v) is 3.12. The van der Waals surface area contributed by atoms with Gasteiger partial charge in [-0.15, -0.1) is 0 Å². The summed E-state index contributed by atoms with van der Waals surface area (Å²) in [6.07, 6.45) is 4.88. The lowest BCUT2D eigenvalue weighted by molar-refractivity contribution is 0.189. The Hall–Kier alpha value is -1.06. The standard InChI is InChI=1S/C18H30N2O/c1-3-17(16-7-4-5-8-18(16)21)19-11-6-12-20-13-9-15(2)10-14-20/h4-5,7-8,15,17,19,21H,3,6,9-14H2,1-2H3. The van der Waals surface area contributed by atoms with Crippen LogP contribution in [0.2, 0.25) is 0 Å². The van der Waals surface area contributed by atoms with Crippen molar-refractivity contribution >= 4 is 0 Å². The van der Waals surface area contributed by atoms with Crippen LogP contribution in [-0.2, 0) is 0 Å². The van der Waals surface area contributed by atoms with Crippen LogP contribution in [0.1, 0.15) is 51.1 Å². The molecular weight excluding hydrogens is 260 g/mol. The largest absolute Gasteiger partial charge is 0.508 e. The second-order valence-electron chi connectivity index (χ2n) is 6.35. The molecule has 1 aromatic rings. The summed E-state index contributed by atoms with van der Waals surface area (Å²) in [5.41, 5.74) is 1.02. The van der Waals surface area contributed by atoms with Crippen molar-refractivity contribution in [1.29, 1.82) is 0 Å². The Bertz CT molecular complexity index is 413. The molecule has 2 rings (SSSR count). The van der Waals surface area contributed by atoms with Crippen LogP contribution in [0.5, 0.6) is 5.75 Å². The molecule has 1 heterocycles. The molecule has 3 heteroatoms. The van der Waals surface area contributed by atoms with Crippen LogP contribution in [0.25, 0.3) is 0 Å². The molecule has 118 valence electrons. The second-order valence-corrected chi connectivity index (χ2v) is 6.35. The normalized spacial score (nSPS) is 18.8. The van der Waals surface area contributed by atoms with E-state index >= 15 is 0 Å². The molecule has 1 aliphatic rings. The second kappa shape index (κ2) is 8.40. The number of nitrogens with one attached hydrogen (secondary N) is 1. The first-order chi connectivity index (χ1) is 10.2. The third-order valence-corrected chi connectivity index (χ3v) is 4.64. The highest BCUT2D eigenvalue weighted by Gasteiger charge is 2.15. The summed E-state index contributed by atoms with van der Waals surface area (Å²) in [6.45, 7) is 9.25. The van der Waals surface area contributed by atoms with Gasteiger partial charge in [0.1, 0.15) is 5.75 Å². The zero-order valence-corrected chi connectivity index (χ0v) is 13.5. The van der Waals surface area contributed by atoms with E-state index in [4.69, 9.17) is 0 Å². The number of nitrogens with zero attached hydrogens (tertiary/aromatic N) is 1. The van der Waals surface area contributed by atoms with Gasteiger partial charge in [0.25, 0.3) is 0 Å². The van der Waals surface area contributed by atoms with Crippen molar-refractivity contribution in [1.82, 2.24) is 10.2 Å². The summed E-state index contributed by atoms with van der Waals surface area (Å²) in [7, 11) is 0. The van der Waals surface area contributed by atoms with Gasteiger partial charge in [0, 0.05) is 11.6 Å². The quantitative estimate of drug-likeness (QED) is 0.754. The third-order valence-electron chi connectivity index (χ3n) is 4.64. The number of rotatable bonds is 7. The fraction of sp³-hybridized carbons (Fsp3) is 0.667. The average Bonchev–Trinajstić information content (AvgIpc) is 2.50. The molecule has 0 bridgehead atoms. The monoisotopic (exact) mass is 290 g/mol. The fourth-order valence-electron chi connectivity index (χ4n) is 3.12. The Morgan fingerprint density at radius 1 is 1.29 bits per heavy atom. The van der Waals surface area contributed by atoms with Gasteiger partial charge in [-0.1, -0.05) is 32.0 Å². The number of hydrogen-bond acceptors (Lipinski definition) is 3. The zero-order valence-electron chi connectivity index (χ0n) is 13.5. The topological polar surface area (TPSA) is 35.5 Å². The summed E-state index contributed by atoms with van der Waals surface area (Å²) in [5.74, 6) is 1.31. The maximum atomic E-state index is 9.95. The lowest BCUT2D eigenvalue weighted by Crippen LogP contribution is -2.35. The molecule has 1 unspecified atom stereocenters. The Kier molecular flexibility index (Phi) is 6.52. The Balaban J connectivity index is 1.70. The SMILES string of the molecule is CCC(NCCCN1CCC(C)CC1)c1ccccc1O. The highest BCUT2D eigenvalue weighted by Crippen LogP contribution is 2.25. The van der Waals surface area contributed by atoms with Gasteiger partial charge in [0.2, 0.25) is 0 Å². The van der Waals surface area contributed by atoms with Crippen molar-refractivity contribution in [3.63, 3.8) is 0 Å². The van der Waals surface area contributed by atoms with Gasteiger partial charge in [-0.05, 0) is 63.8 Å². The van der Waals surface area contributed by atoms with Gasteiger partial charge in [-0.3, -0.25) is 0 Å². The van der Waals surface area contributed by atoms with E-state index in [0.29, 0.717) is 5.75 Å². The minimum Gasteiger partial charge on any atom is -0.508 e. The Morgan fingerprint density at radius 3 is 2.67 bits per heavy atom. The van der Waals surface area contributed by atoms with Crippen LogP contribution >= 0.6 is 0 Å². The van der Waals surface area contributed by atoms with E-state index in [-0.39, 0.29) is 6.04 Å². The number of phenolic OH excluding ortho intramolecular Hbond substituents is 1. The Labute approximate surface area is 129 Å². The minimum absolute atomic E-state index is 0.257. The molecule has 1 aromatic carbocycles. The molecule has 1 aliphatic heterocycles. The van der Waals surface area contributed by atoms with Gasteiger partial charge >= 0.3 is 0 Å². The smallest absolute Gasteiger partial charge is 0.120 e. The average molecular weight is 290 g/mol. The maximum Gasteiger partial charge on any atom is 0.120 e. The molecule has 0 aromatic heterocycles. The van der Waals surface area contributed by atoms with Crippen molar-refractivity contribution in [2.45, 2.75) is 45.6 Å². The predicted octanol–water partition coefficient (Wildman–Crippen LogP) is 3.55. The highest BCUT2D eigenvalue weighted by molar-refractivity contribution is 5.34. The lowest BCUT2D eigenvalue weighted by atomic mass is 9.99. The summed E-state index contributed by atoms with van der Waals surface area (Å²) >= 11 is 0. The predicted molar refractivity (Wildman–Crippen MR) is 88.6 cm³/mol. The van der Waals surface area contributed by atoms with Gasteiger partial charge in [-0.25, -0.2) is 0 Å². The van der Waals surface area contributed by atoms with Gasteiger partial charge in [-0.2, -0.15) is 0 Å². The molecule has 1 fully saturated rings. The van der Waals surface area contributed by atoms with E-state index in [9.17, 15) is 5.11 Å². The minimum atomic E-state index is 0.257. The van der Waals surface area contributed by atoms with Crippen LogP contribution < -0.4 is 5.32 Å². The lowest BCUT2D eigenvalue weighted by Gasteiger charge is -2.30. The van der Waals surface area contributed by atoms with Crippen molar-refractivity contribution < 1.29 is 5.11 Å². The molecule has 1 atom stereocenters. The van der Waals surface area contributed by atoms with Crippen molar-refractivity contribution in [3.8, 4) is 5.75 Å². The van der Waals surface area contributed by atoms with Gasteiger partial charge in [0.05, 0.1) is 0 Å². The molecule has 0 saturated carbocycles. The molecule has 3 nitrogen and oxygen atoms in total. The van der Waals surface area contributed by atoms with E-state index < -0.39 is 0 Å². The third kappa shape index (κ3) is 5.01. The van der Waals surface area contributed by atoms with E-state index in [1.807, 2.05) is 18.2 Å². The Morgan fingerprint density at radius 2 is 2.00 bits per heavy atom. The number of piperidine rings is 1. The summed E-state index contributed by atoms with van der Waals surface area (Å²) in [6, 6.07) is 7.92. The van der Waals surface area contributed by atoms with Crippen LogP contribution in [0.15, 0.2) is 24.3 Å². The number of benzene rings is 1. The van der Waals surface area contributed by atoms with Crippen LogP contribution in [-0.4, -0.2) is 36.2 Å². The highest BCUT2D eigenvalue weighted by atomic mass is 16.3. The first kappa shape index (κ1) is 16.3. The molecule has 0 aliphatic carbocycles. The van der Waals surface area contributed by atoms with Crippen molar-refractivity contribution in [3.05, 3.63) is 29.8 Å². The summed E-state index contributed by atoms with van der Waals surface area (Å²) in [4.78, 5) is 2.59. The maximum absolute atomic E-state index is 9.95. The van der Waals surface area contributed by atoms with Crippen LogP contribution in [0.4, 0.5) is 0 Å². The van der Waals surface area contributed by atoms with E-state index in [1.165, 1.54) is 38.9 Å². The molecule has 0 spiro atoms. The number of likely N-dealkylation sites (tertiary alicyclic amines) is 1. The molecule has 21 heavy (non-hydrogen) atoms. The summed E-state index contributed by atoms with van der Waals surface area (Å²) < 4.78 is 0. The number of phenols is 1. The molecule has 2 N–H and O–H groups in total. The summed E-state index contributed by atoms with van der Waals surface area (Å²) in [5, 5.41) is 13.5. The number of para-hydroxylation sites is 1. The van der Waals surface area contributed by atoms with Gasteiger partial charge in [0.15, 0.2) is 0 Å². The first-order valence-electron chi connectivity index (χ1n) is 8.44. The van der Waals surface area contributed by atoms with Crippen molar-refractivity contribution in [2.75, 3.05) is 26.2 Å². The van der Waals surface area contributed by atoms with Crippen LogP contribution in [0.3, 0.4) is 0 Å². The molecule has 0 amide bonds. The van der Waals surface area contributed by atoms with Gasteiger partial charge < -0.3 is 15.3 Å². The molecular formula is C18H30N2O.